The molecule has 0 bridgehead atoms. The predicted molar refractivity (Wildman–Crippen MR) is 215 cm³/mol. The average Bonchev–Trinajstić information content (AvgIpc) is 3.20. The molecule has 1 amide bonds. The van der Waals surface area contributed by atoms with Gasteiger partial charge in [-0.05, 0) is 105 Å². The van der Waals surface area contributed by atoms with Gasteiger partial charge >= 0.3 is 6.09 Å². The molecule has 282 valence electrons. The number of para-hydroxylation sites is 1. The van der Waals surface area contributed by atoms with E-state index in [-0.39, 0.29) is 23.5 Å². The average molecular weight is 730 g/mol. The normalized spacial score (nSPS) is 16.4. The van der Waals surface area contributed by atoms with Crippen molar-refractivity contribution in [2.45, 2.75) is 50.7 Å². The van der Waals surface area contributed by atoms with Gasteiger partial charge in [-0.2, -0.15) is 0 Å². The molecule has 1 unspecified atom stereocenters. The Bertz CT molecular complexity index is 2040. The van der Waals surface area contributed by atoms with Crippen LogP contribution in [0.4, 0.5) is 16.2 Å². The molecule has 10 heteroatoms. The number of rotatable bonds is 13. The molecule has 2 aliphatic rings. The van der Waals surface area contributed by atoms with E-state index in [0.717, 1.165) is 81.3 Å². The van der Waals surface area contributed by atoms with Crippen LogP contribution in [0.15, 0.2) is 108 Å². The van der Waals surface area contributed by atoms with Crippen LogP contribution in [-0.4, -0.2) is 78.1 Å². The van der Waals surface area contributed by atoms with E-state index in [1.165, 1.54) is 42.6 Å². The van der Waals surface area contributed by atoms with Crippen LogP contribution in [-0.2, 0) is 11.2 Å². The molecule has 5 N–H and O–H groups in total. The number of carbonyl (C=O) groups excluding carboxylic acids is 1. The van der Waals surface area contributed by atoms with Crippen LogP contribution >= 0.6 is 0 Å². The summed E-state index contributed by atoms with van der Waals surface area (Å²) >= 11 is 0. The Labute approximate surface area is 316 Å². The number of H-pyrrole nitrogens is 1. The Hall–Kier alpha value is -5.16. The summed E-state index contributed by atoms with van der Waals surface area (Å²) in [5, 5.41) is 27.9. The number of amides is 1. The number of aromatic hydroxyl groups is 1. The van der Waals surface area contributed by atoms with Gasteiger partial charge < -0.3 is 35.1 Å². The number of aromatic amines is 1. The van der Waals surface area contributed by atoms with E-state index in [0.29, 0.717) is 23.0 Å². The van der Waals surface area contributed by atoms with Gasteiger partial charge in [-0.15, -0.1) is 0 Å². The highest BCUT2D eigenvalue weighted by molar-refractivity contribution is 5.91. The van der Waals surface area contributed by atoms with E-state index in [1.807, 2.05) is 54.6 Å². The zero-order chi connectivity index (χ0) is 37.3. The molecule has 2 fully saturated rings. The molecule has 0 aliphatic carbocycles. The van der Waals surface area contributed by atoms with Crippen molar-refractivity contribution in [2.75, 3.05) is 56.0 Å². The fraction of sp³-hybridized carbons (Fsp3) is 0.364. The van der Waals surface area contributed by atoms with E-state index < -0.39 is 6.10 Å². The highest BCUT2D eigenvalue weighted by atomic mass is 16.6. The number of piperidine rings is 2. The highest BCUT2D eigenvalue weighted by Crippen LogP contribution is 2.30. The number of aromatic nitrogens is 1. The van der Waals surface area contributed by atoms with Crippen LogP contribution < -0.4 is 21.1 Å². The van der Waals surface area contributed by atoms with Crippen LogP contribution in [0, 0.1) is 5.92 Å². The molecule has 4 aromatic carbocycles. The number of likely N-dealkylation sites (tertiary alicyclic amines) is 1. The number of hydrogen-bond acceptors (Lipinski definition) is 8. The molecule has 54 heavy (non-hydrogen) atoms. The number of benzene rings is 4. The minimum Gasteiger partial charge on any atom is -0.506 e. The lowest BCUT2D eigenvalue weighted by molar-refractivity contribution is 0.0569. The third-order valence-corrected chi connectivity index (χ3v) is 11.0. The van der Waals surface area contributed by atoms with Crippen molar-refractivity contribution in [1.82, 2.24) is 15.2 Å². The van der Waals surface area contributed by atoms with Crippen LogP contribution in [0.2, 0.25) is 0 Å². The second-order valence-electron chi connectivity index (χ2n) is 14.6. The maximum Gasteiger partial charge on any atom is 0.411 e. The maximum absolute atomic E-state index is 12.8. The number of ether oxygens (including phenoxy) is 1. The van der Waals surface area contributed by atoms with Gasteiger partial charge in [-0.25, -0.2) is 4.79 Å². The molecule has 5 aromatic rings. The minimum atomic E-state index is -0.772. The SMILES string of the molecule is O=C(Nc1ccccc1-c1ccccc1)OC1CCN(CCC2CCN(c3ccc(CCNCC(O)c4ccc(O)c5[nH]c(=O)ccc45)cc3)CC2)CC1. The number of phenols is 1. The molecule has 1 atom stereocenters. The smallest absolute Gasteiger partial charge is 0.411 e. The number of anilines is 2. The van der Waals surface area contributed by atoms with Gasteiger partial charge in [0.2, 0.25) is 5.56 Å². The Morgan fingerprint density at radius 2 is 1.59 bits per heavy atom. The van der Waals surface area contributed by atoms with Crippen molar-refractivity contribution in [1.29, 1.82) is 0 Å². The van der Waals surface area contributed by atoms with Crippen molar-refractivity contribution >= 4 is 28.4 Å². The summed E-state index contributed by atoms with van der Waals surface area (Å²) in [4.78, 5) is 32.2. The van der Waals surface area contributed by atoms with E-state index in [1.54, 1.807) is 12.1 Å². The van der Waals surface area contributed by atoms with Crippen molar-refractivity contribution in [2.24, 2.45) is 5.92 Å². The third-order valence-electron chi connectivity index (χ3n) is 11.0. The topological polar surface area (TPSA) is 130 Å². The zero-order valence-electron chi connectivity index (χ0n) is 30.8. The highest BCUT2D eigenvalue weighted by Gasteiger charge is 2.25. The van der Waals surface area contributed by atoms with Crippen molar-refractivity contribution in [3.63, 3.8) is 0 Å². The first-order chi connectivity index (χ1) is 26.4. The molecule has 0 radical (unpaired) electrons. The Morgan fingerprint density at radius 1 is 0.852 bits per heavy atom. The monoisotopic (exact) mass is 729 g/mol. The number of aliphatic hydroxyl groups excluding tert-OH is 1. The van der Waals surface area contributed by atoms with Gasteiger partial charge in [0.15, 0.2) is 0 Å². The molecule has 2 saturated heterocycles. The molecular weight excluding hydrogens is 679 g/mol. The van der Waals surface area contributed by atoms with Gasteiger partial charge in [-0.3, -0.25) is 10.1 Å². The first-order valence-electron chi connectivity index (χ1n) is 19.3. The summed E-state index contributed by atoms with van der Waals surface area (Å²) in [6, 6.07) is 33.0. The first-order valence-corrected chi connectivity index (χ1v) is 19.3. The summed E-state index contributed by atoms with van der Waals surface area (Å²) in [6.45, 7) is 6.24. The van der Waals surface area contributed by atoms with E-state index in [9.17, 15) is 19.8 Å². The van der Waals surface area contributed by atoms with Crippen LogP contribution in [0.5, 0.6) is 5.75 Å². The minimum absolute atomic E-state index is 0.0132. The van der Waals surface area contributed by atoms with Gasteiger partial charge in [0.25, 0.3) is 0 Å². The van der Waals surface area contributed by atoms with Gasteiger partial charge in [0, 0.05) is 55.4 Å². The molecule has 0 spiro atoms. The molecule has 2 aliphatic heterocycles. The number of carbonyl (C=O) groups is 1. The molecular formula is C44H51N5O5. The number of pyridine rings is 1. The molecule has 10 nitrogen and oxygen atoms in total. The molecule has 1 aromatic heterocycles. The first kappa shape index (κ1) is 37.2. The van der Waals surface area contributed by atoms with Crippen LogP contribution in [0.3, 0.4) is 0 Å². The molecule has 7 rings (SSSR count). The summed E-state index contributed by atoms with van der Waals surface area (Å²) in [5.74, 6) is 0.717. The largest absolute Gasteiger partial charge is 0.506 e. The number of aliphatic hydroxyl groups is 1. The van der Waals surface area contributed by atoms with E-state index >= 15 is 0 Å². The number of nitrogens with one attached hydrogen (secondary N) is 3. The number of hydrogen-bond donors (Lipinski definition) is 5. The quantitative estimate of drug-likeness (QED) is 0.0814. The lowest BCUT2D eigenvalue weighted by Crippen LogP contribution is -2.40. The van der Waals surface area contributed by atoms with Crippen LogP contribution in [0.25, 0.3) is 22.0 Å². The zero-order valence-corrected chi connectivity index (χ0v) is 30.8. The Morgan fingerprint density at radius 3 is 2.37 bits per heavy atom. The van der Waals surface area contributed by atoms with Gasteiger partial charge in [-0.1, -0.05) is 66.7 Å². The maximum atomic E-state index is 12.8. The number of fused-ring (bicyclic) bond motifs is 1. The van der Waals surface area contributed by atoms with E-state index in [2.05, 4.69) is 49.7 Å². The molecule has 3 heterocycles. The lowest BCUT2D eigenvalue weighted by atomic mass is 9.92. The third kappa shape index (κ3) is 9.49. The number of nitrogens with zero attached hydrogens (tertiary/aromatic N) is 2. The Balaban J connectivity index is 0.774. The molecule has 0 saturated carbocycles. The van der Waals surface area contributed by atoms with E-state index in [4.69, 9.17) is 4.74 Å². The Kier molecular flexibility index (Phi) is 12.2. The van der Waals surface area contributed by atoms with Crippen molar-refractivity contribution in [3.8, 4) is 16.9 Å². The summed E-state index contributed by atoms with van der Waals surface area (Å²) < 4.78 is 5.85. The van der Waals surface area contributed by atoms with Crippen molar-refractivity contribution in [3.05, 3.63) is 125 Å². The predicted octanol–water partition coefficient (Wildman–Crippen LogP) is 7.09. The lowest BCUT2D eigenvalue weighted by Gasteiger charge is -2.36. The van der Waals surface area contributed by atoms with Crippen LogP contribution in [0.1, 0.15) is 49.3 Å². The van der Waals surface area contributed by atoms with Crippen molar-refractivity contribution < 1.29 is 19.7 Å². The summed E-state index contributed by atoms with van der Waals surface area (Å²) in [6.07, 6.45) is 4.96. The second kappa shape index (κ2) is 17.8. The second-order valence-corrected chi connectivity index (χ2v) is 14.6. The standard InChI is InChI=1S/C44H51N5O5/c50-40-16-14-37(38-15-17-42(52)47-43(38)40)41(51)30-45-24-18-31-10-12-34(13-11-31)49-28-20-32(21-29-49)19-25-48-26-22-35(23-27-48)54-44(53)46-39-9-5-4-8-36(39)33-6-2-1-3-7-33/h1-17,32,35,41,45,50-51H,18-30H2,(H,46,53)(H,47,52). The fourth-order valence-corrected chi connectivity index (χ4v) is 7.85. The summed E-state index contributed by atoms with van der Waals surface area (Å²) in [5.41, 5.74) is 6.02. The summed E-state index contributed by atoms with van der Waals surface area (Å²) in [7, 11) is 0. The van der Waals surface area contributed by atoms with Gasteiger partial charge in [0.05, 0.1) is 17.3 Å². The fourth-order valence-electron chi connectivity index (χ4n) is 7.85. The number of phenolic OH excluding ortho intramolecular Hbond substituents is 1. The van der Waals surface area contributed by atoms with Gasteiger partial charge in [0.1, 0.15) is 11.9 Å².